The minimum Gasteiger partial charge on any atom is -0.357 e. The number of aliphatic imine (C=N–C) groups is 1. The Bertz CT molecular complexity index is 926. The van der Waals surface area contributed by atoms with Crippen LogP contribution in [0.1, 0.15) is 30.4 Å². The van der Waals surface area contributed by atoms with Crippen LogP contribution in [0.2, 0.25) is 0 Å². The van der Waals surface area contributed by atoms with E-state index in [2.05, 4.69) is 28.4 Å². The van der Waals surface area contributed by atoms with Crippen LogP contribution in [0.5, 0.6) is 0 Å². The van der Waals surface area contributed by atoms with E-state index in [1.54, 1.807) is 24.3 Å². The zero-order valence-electron chi connectivity index (χ0n) is 16.8. The Morgan fingerprint density at radius 1 is 1.34 bits per heavy atom. The average Bonchev–Trinajstić information content (AvgIpc) is 3.30. The highest BCUT2D eigenvalue weighted by molar-refractivity contribution is 14.0. The Labute approximate surface area is 189 Å². The number of rotatable bonds is 6. The smallest absolute Gasteiger partial charge is 0.238 e. The molecule has 3 N–H and O–H groups in total. The lowest BCUT2D eigenvalue weighted by Gasteiger charge is -2.21. The molecule has 29 heavy (non-hydrogen) atoms. The summed E-state index contributed by atoms with van der Waals surface area (Å²) in [6.45, 7) is 5.41. The number of sulfonamides is 1. The van der Waals surface area contributed by atoms with E-state index >= 15 is 0 Å². The predicted octanol–water partition coefficient (Wildman–Crippen LogP) is 1.68. The topological polar surface area (TPSA) is 106 Å². The minimum absolute atomic E-state index is 0. The number of nitrogens with one attached hydrogen (secondary N) is 1. The molecule has 10 heteroatoms. The van der Waals surface area contributed by atoms with E-state index in [0.29, 0.717) is 12.5 Å². The van der Waals surface area contributed by atoms with Gasteiger partial charge in [0.25, 0.3) is 0 Å². The Balaban J connectivity index is 0.00000300. The Kier molecular flexibility index (Phi) is 8.46. The molecule has 1 atom stereocenters. The molecule has 2 aromatic rings. The maximum atomic E-state index is 11.3. The van der Waals surface area contributed by atoms with Crippen LogP contribution < -0.4 is 10.5 Å². The van der Waals surface area contributed by atoms with Gasteiger partial charge in [-0.05, 0) is 43.0 Å². The van der Waals surface area contributed by atoms with Gasteiger partial charge in [0.1, 0.15) is 0 Å². The normalized spacial score (nSPS) is 17.3. The van der Waals surface area contributed by atoms with Gasteiger partial charge in [-0.3, -0.25) is 9.67 Å². The zero-order valence-corrected chi connectivity index (χ0v) is 19.9. The monoisotopic (exact) mass is 532 g/mol. The number of nitrogens with two attached hydrogens (primary N) is 1. The molecule has 0 radical (unpaired) electrons. The summed E-state index contributed by atoms with van der Waals surface area (Å²) in [5, 5.41) is 12.8. The second kappa shape index (κ2) is 10.4. The fourth-order valence-corrected chi connectivity index (χ4v) is 3.95. The van der Waals surface area contributed by atoms with Crippen LogP contribution >= 0.6 is 24.0 Å². The molecule has 0 aliphatic carbocycles. The van der Waals surface area contributed by atoms with Crippen LogP contribution in [0.25, 0.3) is 0 Å². The van der Waals surface area contributed by atoms with E-state index in [4.69, 9.17) is 10.1 Å². The molecule has 1 aromatic carbocycles. The second-order valence-corrected chi connectivity index (χ2v) is 8.61. The first-order valence-corrected chi connectivity index (χ1v) is 11.0. The van der Waals surface area contributed by atoms with Crippen LogP contribution in [-0.4, -0.2) is 55.2 Å². The zero-order chi connectivity index (χ0) is 20.1. The van der Waals surface area contributed by atoms with Gasteiger partial charge in [0.05, 0.1) is 11.1 Å². The molecule has 1 aromatic heterocycles. The lowest BCUT2D eigenvalue weighted by Crippen LogP contribution is -2.40. The van der Waals surface area contributed by atoms with E-state index in [1.807, 2.05) is 17.9 Å². The molecule has 3 rings (SSSR count). The first-order chi connectivity index (χ1) is 13.4. The largest absolute Gasteiger partial charge is 0.357 e. The summed E-state index contributed by atoms with van der Waals surface area (Å²) in [4.78, 5) is 7.19. The van der Waals surface area contributed by atoms with E-state index in [9.17, 15) is 8.42 Å². The number of aryl methyl sites for hydroxylation is 1. The minimum atomic E-state index is -3.65. The quantitative estimate of drug-likeness (QED) is 0.335. The van der Waals surface area contributed by atoms with Gasteiger partial charge in [0, 0.05) is 45.3 Å². The van der Waals surface area contributed by atoms with Gasteiger partial charge in [-0.25, -0.2) is 13.6 Å². The Morgan fingerprint density at radius 3 is 2.66 bits per heavy atom. The van der Waals surface area contributed by atoms with Crippen molar-refractivity contribution in [3.63, 3.8) is 0 Å². The van der Waals surface area contributed by atoms with Crippen LogP contribution in [0.3, 0.4) is 0 Å². The number of nitrogens with zero attached hydrogens (tertiary/aromatic N) is 4. The number of hydrogen-bond donors (Lipinski definition) is 2. The van der Waals surface area contributed by atoms with E-state index in [1.165, 1.54) is 5.56 Å². The summed E-state index contributed by atoms with van der Waals surface area (Å²) in [6.07, 6.45) is 5.86. The van der Waals surface area contributed by atoms with Crippen molar-refractivity contribution in [2.24, 2.45) is 17.2 Å². The number of benzene rings is 1. The maximum Gasteiger partial charge on any atom is 0.238 e. The Hall–Kier alpha value is -1.66. The molecule has 0 spiro atoms. The third kappa shape index (κ3) is 6.41. The molecule has 0 amide bonds. The van der Waals surface area contributed by atoms with Gasteiger partial charge in [0.15, 0.2) is 5.96 Å². The third-order valence-electron chi connectivity index (χ3n) is 4.93. The molecular weight excluding hydrogens is 503 g/mol. The van der Waals surface area contributed by atoms with E-state index < -0.39 is 10.0 Å². The highest BCUT2D eigenvalue weighted by Gasteiger charge is 2.26. The van der Waals surface area contributed by atoms with E-state index in [-0.39, 0.29) is 28.9 Å². The van der Waals surface area contributed by atoms with Crippen LogP contribution in [0.4, 0.5) is 0 Å². The van der Waals surface area contributed by atoms with Gasteiger partial charge in [0.2, 0.25) is 10.0 Å². The van der Waals surface area contributed by atoms with Crippen LogP contribution in [0, 0.1) is 0 Å². The number of halogens is 1. The van der Waals surface area contributed by atoms with Crippen molar-refractivity contribution < 1.29 is 8.42 Å². The fraction of sp³-hybridized carbons (Fsp3) is 0.474. The molecule has 1 aliphatic rings. The summed E-state index contributed by atoms with van der Waals surface area (Å²) < 4.78 is 24.5. The first kappa shape index (κ1) is 23.6. The van der Waals surface area contributed by atoms with Gasteiger partial charge < -0.3 is 10.2 Å². The molecule has 1 saturated heterocycles. The number of likely N-dealkylation sites (tertiary alicyclic amines) is 1. The van der Waals surface area contributed by atoms with Gasteiger partial charge in [-0.2, -0.15) is 5.10 Å². The van der Waals surface area contributed by atoms with Gasteiger partial charge >= 0.3 is 0 Å². The molecule has 0 saturated carbocycles. The summed E-state index contributed by atoms with van der Waals surface area (Å²) in [6, 6.07) is 6.66. The molecule has 1 unspecified atom stereocenters. The van der Waals surface area contributed by atoms with Crippen LogP contribution in [-0.2, 0) is 23.5 Å². The first-order valence-electron chi connectivity index (χ1n) is 9.50. The highest BCUT2D eigenvalue weighted by atomic mass is 127. The molecular formula is C19H29IN6O2S. The molecule has 2 heterocycles. The lowest BCUT2D eigenvalue weighted by molar-refractivity contribution is 0.486. The maximum absolute atomic E-state index is 11.3. The van der Waals surface area contributed by atoms with Crippen molar-refractivity contribution >= 4 is 40.0 Å². The van der Waals surface area contributed by atoms with Crippen molar-refractivity contribution in [3.8, 4) is 0 Å². The number of hydrogen-bond acceptors (Lipinski definition) is 4. The van der Waals surface area contributed by atoms with Crippen molar-refractivity contribution in [1.82, 2.24) is 20.0 Å². The standard InChI is InChI=1S/C19H28N6O2S.HI/c1-3-21-19(25-11-9-16(14-25)17-12-23-24(2)13-17)22-10-8-15-4-6-18(7-5-15)28(20,26)27;/h4-7,12-13,16H,3,8-11,14H2,1-2H3,(H,21,22)(H2,20,26,27);1H. The summed E-state index contributed by atoms with van der Waals surface area (Å²) >= 11 is 0. The number of primary sulfonamides is 1. The molecule has 0 bridgehead atoms. The lowest BCUT2D eigenvalue weighted by atomic mass is 10.0. The molecule has 160 valence electrons. The van der Waals surface area contributed by atoms with Gasteiger partial charge in [-0.15, -0.1) is 24.0 Å². The SMILES string of the molecule is CCNC(=NCCc1ccc(S(N)(=O)=O)cc1)N1CCC(c2cnn(C)c2)C1.I. The predicted molar refractivity (Wildman–Crippen MR) is 125 cm³/mol. The average molecular weight is 532 g/mol. The van der Waals surface area contributed by atoms with Gasteiger partial charge in [-0.1, -0.05) is 12.1 Å². The second-order valence-electron chi connectivity index (χ2n) is 7.05. The fourth-order valence-electron chi connectivity index (χ4n) is 3.44. The number of guanidine groups is 1. The van der Waals surface area contributed by atoms with Crippen molar-refractivity contribution in [2.45, 2.75) is 30.6 Å². The summed E-state index contributed by atoms with van der Waals surface area (Å²) in [5.41, 5.74) is 2.30. The number of aromatic nitrogens is 2. The van der Waals surface area contributed by atoms with E-state index in [0.717, 1.165) is 44.0 Å². The molecule has 1 fully saturated rings. The third-order valence-corrected chi connectivity index (χ3v) is 5.86. The molecule has 1 aliphatic heterocycles. The van der Waals surface area contributed by atoms with Crippen LogP contribution in [0.15, 0.2) is 46.5 Å². The van der Waals surface area contributed by atoms with Crippen molar-refractivity contribution in [2.75, 3.05) is 26.2 Å². The Morgan fingerprint density at radius 2 is 2.07 bits per heavy atom. The van der Waals surface area contributed by atoms with Crippen molar-refractivity contribution in [3.05, 3.63) is 47.8 Å². The highest BCUT2D eigenvalue weighted by Crippen LogP contribution is 2.26. The summed E-state index contributed by atoms with van der Waals surface area (Å²) in [7, 11) is -1.71. The van der Waals surface area contributed by atoms with Crippen molar-refractivity contribution in [1.29, 1.82) is 0 Å². The summed E-state index contributed by atoms with van der Waals surface area (Å²) in [5.74, 6) is 1.40. The molecule has 8 nitrogen and oxygen atoms in total.